The van der Waals surface area contributed by atoms with Gasteiger partial charge in [0.15, 0.2) is 0 Å². The Labute approximate surface area is 121 Å². The summed E-state index contributed by atoms with van der Waals surface area (Å²) in [4.78, 5) is 12.2. The summed E-state index contributed by atoms with van der Waals surface area (Å²) in [5.41, 5.74) is 0.000135. The summed E-state index contributed by atoms with van der Waals surface area (Å²) in [6.45, 7) is 0.360. The van der Waals surface area contributed by atoms with Crippen LogP contribution in [0.4, 0.5) is 0 Å². The van der Waals surface area contributed by atoms with Gasteiger partial charge in [0.05, 0.1) is 5.60 Å². The van der Waals surface area contributed by atoms with Crippen LogP contribution in [0.1, 0.15) is 55.1 Å². The molecule has 1 aromatic rings. The molecule has 2 aliphatic carbocycles. The Hall–Kier alpha value is -0.810. The molecule has 19 heavy (non-hydrogen) atoms. The molecule has 1 aromatic heterocycles. The lowest BCUT2D eigenvalue weighted by molar-refractivity contribution is 0.0447. The predicted molar refractivity (Wildman–Crippen MR) is 76.2 cm³/mol. The summed E-state index contributed by atoms with van der Waals surface area (Å²) in [7, 11) is 0. The average molecular weight is 327 g/mol. The third-order valence-corrected chi connectivity index (χ3v) is 4.53. The summed E-state index contributed by atoms with van der Waals surface area (Å²) in [5, 5.41) is 13.1. The Bertz CT molecular complexity index is 488. The fourth-order valence-electron chi connectivity index (χ4n) is 2.83. The van der Waals surface area contributed by atoms with Crippen molar-refractivity contribution < 1.29 is 9.90 Å². The lowest BCUT2D eigenvalue weighted by Crippen LogP contribution is -2.41. The summed E-state index contributed by atoms with van der Waals surface area (Å²) in [5.74, 6) is -0.0853. The predicted octanol–water partition coefficient (Wildman–Crippen LogP) is 2.62. The minimum Gasteiger partial charge on any atom is -0.388 e. The van der Waals surface area contributed by atoms with Crippen LogP contribution in [-0.2, 0) is 0 Å². The van der Waals surface area contributed by atoms with E-state index >= 15 is 0 Å². The molecule has 2 fully saturated rings. The van der Waals surface area contributed by atoms with E-state index in [2.05, 4.69) is 21.2 Å². The molecular weight excluding hydrogens is 308 g/mol. The maximum atomic E-state index is 12.2. The molecule has 0 unspecified atom stereocenters. The SMILES string of the molecule is O=C(NCC1(O)CCCC1)c1cc(Br)cn1C1CC1. The Kier molecular flexibility index (Phi) is 3.43. The van der Waals surface area contributed by atoms with Crippen molar-refractivity contribution in [2.75, 3.05) is 6.54 Å². The lowest BCUT2D eigenvalue weighted by atomic mass is 10.0. The second kappa shape index (κ2) is 4.94. The van der Waals surface area contributed by atoms with Crippen LogP contribution in [0, 0.1) is 0 Å². The first kappa shape index (κ1) is 13.2. The van der Waals surface area contributed by atoms with E-state index in [0.29, 0.717) is 18.3 Å². The van der Waals surface area contributed by atoms with Gasteiger partial charge in [-0.1, -0.05) is 12.8 Å². The third-order valence-electron chi connectivity index (χ3n) is 4.10. The first-order chi connectivity index (χ1) is 9.07. The standard InChI is InChI=1S/C14H19BrN2O2/c15-10-7-12(17(8-10)11-3-4-11)13(18)16-9-14(19)5-1-2-6-14/h7-8,11,19H,1-6,9H2,(H,16,18). The molecule has 2 saturated carbocycles. The summed E-state index contributed by atoms with van der Waals surface area (Å²) in [6.07, 6.45) is 7.95. The maximum absolute atomic E-state index is 12.2. The van der Waals surface area contributed by atoms with Gasteiger partial charge in [-0.2, -0.15) is 0 Å². The van der Waals surface area contributed by atoms with Crippen LogP contribution < -0.4 is 5.32 Å². The summed E-state index contributed by atoms with van der Waals surface area (Å²) < 4.78 is 2.97. The van der Waals surface area contributed by atoms with Gasteiger partial charge in [-0.05, 0) is 47.7 Å². The normalized spacial score (nSPS) is 21.6. The van der Waals surface area contributed by atoms with Crippen molar-refractivity contribution in [1.82, 2.24) is 9.88 Å². The van der Waals surface area contributed by atoms with E-state index in [-0.39, 0.29) is 5.91 Å². The molecule has 104 valence electrons. The molecule has 0 aliphatic heterocycles. The van der Waals surface area contributed by atoms with E-state index in [0.717, 1.165) is 43.0 Å². The minimum atomic E-state index is -0.691. The van der Waals surface area contributed by atoms with E-state index in [4.69, 9.17) is 0 Å². The van der Waals surface area contributed by atoms with E-state index in [1.165, 1.54) is 0 Å². The van der Waals surface area contributed by atoms with Gasteiger partial charge in [0.1, 0.15) is 5.69 Å². The fourth-order valence-corrected chi connectivity index (χ4v) is 3.27. The van der Waals surface area contributed by atoms with Crippen LogP contribution in [0.15, 0.2) is 16.7 Å². The van der Waals surface area contributed by atoms with Crippen LogP contribution in [-0.4, -0.2) is 27.7 Å². The molecule has 0 spiro atoms. The van der Waals surface area contributed by atoms with Gasteiger partial charge in [-0.3, -0.25) is 4.79 Å². The van der Waals surface area contributed by atoms with E-state index in [1.54, 1.807) is 0 Å². The van der Waals surface area contributed by atoms with Crippen molar-refractivity contribution in [3.05, 3.63) is 22.4 Å². The number of nitrogens with zero attached hydrogens (tertiary/aromatic N) is 1. The molecule has 0 radical (unpaired) electrons. The highest BCUT2D eigenvalue weighted by Crippen LogP contribution is 2.37. The Balaban J connectivity index is 1.66. The number of aliphatic hydroxyl groups is 1. The lowest BCUT2D eigenvalue weighted by Gasteiger charge is -2.22. The second-order valence-electron chi connectivity index (χ2n) is 5.80. The second-order valence-corrected chi connectivity index (χ2v) is 6.71. The van der Waals surface area contributed by atoms with E-state index < -0.39 is 5.60 Å². The average Bonchev–Trinajstić information content (AvgIpc) is 3.02. The largest absolute Gasteiger partial charge is 0.388 e. The van der Waals surface area contributed by atoms with Crippen molar-refractivity contribution in [1.29, 1.82) is 0 Å². The van der Waals surface area contributed by atoms with Crippen molar-refractivity contribution in [3.63, 3.8) is 0 Å². The van der Waals surface area contributed by atoms with E-state index in [9.17, 15) is 9.90 Å². The van der Waals surface area contributed by atoms with Crippen molar-refractivity contribution >= 4 is 21.8 Å². The highest BCUT2D eigenvalue weighted by Gasteiger charge is 2.32. The number of hydrogen-bond donors (Lipinski definition) is 2. The molecule has 0 atom stereocenters. The summed E-state index contributed by atoms with van der Waals surface area (Å²) in [6, 6.07) is 2.33. The molecule has 1 amide bonds. The molecule has 2 aliphatic rings. The molecule has 0 saturated heterocycles. The maximum Gasteiger partial charge on any atom is 0.268 e. The van der Waals surface area contributed by atoms with Gasteiger partial charge < -0.3 is 15.0 Å². The zero-order valence-electron chi connectivity index (χ0n) is 10.9. The molecule has 2 N–H and O–H groups in total. The zero-order chi connectivity index (χ0) is 13.5. The number of halogens is 1. The van der Waals surface area contributed by atoms with Gasteiger partial charge >= 0.3 is 0 Å². The number of rotatable bonds is 4. The molecular formula is C14H19BrN2O2. The smallest absolute Gasteiger partial charge is 0.268 e. The minimum absolute atomic E-state index is 0.0853. The van der Waals surface area contributed by atoms with Crippen LogP contribution in [0.25, 0.3) is 0 Å². The first-order valence-electron chi connectivity index (χ1n) is 6.95. The number of amides is 1. The molecule has 3 rings (SSSR count). The van der Waals surface area contributed by atoms with Crippen LogP contribution >= 0.6 is 15.9 Å². The van der Waals surface area contributed by atoms with Gasteiger partial charge in [0.25, 0.3) is 5.91 Å². The Morgan fingerprint density at radius 3 is 2.79 bits per heavy atom. The van der Waals surface area contributed by atoms with Crippen molar-refractivity contribution in [3.8, 4) is 0 Å². The van der Waals surface area contributed by atoms with Gasteiger partial charge in [0.2, 0.25) is 0 Å². The number of hydrogen-bond acceptors (Lipinski definition) is 2. The van der Waals surface area contributed by atoms with Gasteiger partial charge in [0, 0.05) is 23.3 Å². The first-order valence-corrected chi connectivity index (χ1v) is 7.75. The quantitative estimate of drug-likeness (QED) is 0.893. The molecule has 1 heterocycles. The molecule has 0 bridgehead atoms. The topological polar surface area (TPSA) is 54.3 Å². The van der Waals surface area contributed by atoms with Crippen LogP contribution in [0.2, 0.25) is 0 Å². The fraction of sp³-hybridized carbons (Fsp3) is 0.643. The van der Waals surface area contributed by atoms with Crippen LogP contribution in [0.5, 0.6) is 0 Å². The third kappa shape index (κ3) is 2.87. The Morgan fingerprint density at radius 1 is 1.47 bits per heavy atom. The van der Waals surface area contributed by atoms with Gasteiger partial charge in [-0.25, -0.2) is 0 Å². The number of nitrogens with one attached hydrogen (secondary N) is 1. The highest BCUT2D eigenvalue weighted by molar-refractivity contribution is 9.10. The monoisotopic (exact) mass is 326 g/mol. The van der Waals surface area contributed by atoms with Gasteiger partial charge in [-0.15, -0.1) is 0 Å². The number of aromatic nitrogens is 1. The van der Waals surface area contributed by atoms with Crippen molar-refractivity contribution in [2.24, 2.45) is 0 Å². The molecule has 0 aromatic carbocycles. The van der Waals surface area contributed by atoms with Crippen LogP contribution in [0.3, 0.4) is 0 Å². The Morgan fingerprint density at radius 2 is 2.16 bits per heavy atom. The van der Waals surface area contributed by atoms with Crippen molar-refractivity contribution in [2.45, 2.75) is 50.2 Å². The zero-order valence-corrected chi connectivity index (χ0v) is 12.4. The summed E-state index contributed by atoms with van der Waals surface area (Å²) >= 11 is 3.43. The molecule has 5 heteroatoms. The number of carbonyl (C=O) groups excluding carboxylic acids is 1. The molecule has 4 nitrogen and oxygen atoms in total. The highest BCUT2D eigenvalue weighted by atomic mass is 79.9. The van der Waals surface area contributed by atoms with E-state index in [1.807, 2.05) is 16.8 Å². The number of carbonyl (C=O) groups is 1.